The summed E-state index contributed by atoms with van der Waals surface area (Å²) in [6, 6.07) is 15.3. The molecule has 0 aliphatic carbocycles. The Morgan fingerprint density at radius 1 is 0.806 bits per heavy atom. The van der Waals surface area contributed by atoms with Crippen molar-refractivity contribution in [1.82, 2.24) is 10.6 Å². The van der Waals surface area contributed by atoms with Crippen LogP contribution in [0.15, 0.2) is 48.5 Å². The number of amides is 3. The third-order valence-electron chi connectivity index (χ3n) is 5.06. The van der Waals surface area contributed by atoms with Crippen LogP contribution in [0, 0.1) is 0 Å². The predicted molar refractivity (Wildman–Crippen MR) is 141 cm³/mol. The topological polar surface area (TPSA) is 106 Å². The van der Waals surface area contributed by atoms with E-state index >= 15 is 0 Å². The van der Waals surface area contributed by atoms with Gasteiger partial charge in [0.25, 0.3) is 0 Å². The van der Waals surface area contributed by atoms with E-state index < -0.39 is 11.7 Å². The van der Waals surface area contributed by atoms with Gasteiger partial charge in [-0.05, 0) is 68.0 Å². The molecule has 0 heterocycles. The van der Waals surface area contributed by atoms with Gasteiger partial charge in [0.15, 0.2) is 0 Å². The molecule has 36 heavy (non-hydrogen) atoms. The van der Waals surface area contributed by atoms with E-state index in [4.69, 9.17) is 9.47 Å². The Morgan fingerprint density at radius 3 is 2.03 bits per heavy atom. The van der Waals surface area contributed by atoms with E-state index in [9.17, 15) is 14.4 Å². The van der Waals surface area contributed by atoms with Crippen LogP contribution in [0.2, 0.25) is 0 Å². The van der Waals surface area contributed by atoms with E-state index in [2.05, 4.69) is 48.9 Å². The van der Waals surface area contributed by atoms with Gasteiger partial charge >= 0.3 is 6.09 Å². The molecule has 0 atom stereocenters. The summed E-state index contributed by atoms with van der Waals surface area (Å²) in [6.07, 6.45) is 0.315. The van der Waals surface area contributed by atoms with Crippen LogP contribution in [0.1, 0.15) is 65.5 Å². The third kappa shape index (κ3) is 11.3. The summed E-state index contributed by atoms with van der Waals surface area (Å²) in [5.41, 5.74) is 2.27. The molecule has 2 rings (SSSR count). The lowest BCUT2D eigenvalue weighted by Gasteiger charge is -2.19. The second kappa shape index (κ2) is 13.0. The maximum Gasteiger partial charge on any atom is 0.408 e. The van der Waals surface area contributed by atoms with Crippen LogP contribution in [-0.4, -0.2) is 36.7 Å². The molecule has 8 nitrogen and oxygen atoms in total. The van der Waals surface area contributed by atoms with Crippen LogP contribution in [0.5, 0.6) is 5.75 Å². The molecule has 0 radical (unpaired) electrons. The smallest absolute Gasteiger partial charge is 0.408 e. The Morgan fingerprint density at radius 2 is 1.44 bits per heavy atom. The number of rotatable bonds is 10. The standard InChI is InChI=1S/C28H39N3O5/c1-27(2,3)21-11-15-23(16-12-21)35-17-7-8-24(32)31-22-13-9-20(10-14-22)18-29-25(33)19-30-26(34)36-28(4,5)6/h9-16H,7-8,17-19H2,1-6H3,(H,29,33)(H,30,34)(H,31,32). The minimum atomic E-state index is -0.640. The van der Waals surface area contributed by atoms with Crippen LogP contribution >= 0.6 is 0 Å². The van der Waals surface area contributed by atoms with Crippen molar-refractivity contribution in [2.45, 2.75) is 71.9 Å². The van der Waals surface area contributed by atoms with Gasteiger partial charge in [-0.1, -0.05) is 45.0 Å². The molecule has 0 aliphatic rings. The van der Waals surface area contributed by atoms with E-state index in [1.807, 2.05) is 24.3 Å². The lowest BCUT2D eigenvalue weighted by molar-refractivity contribution is -0.120. The van der Waals surface area contributed by atoms with Crippen molar-refractivity contribution in [1.29, 1.82) is 0 Å². The van der Waals surface area contributed by atoms with Crippen molar-refractivity contribution in [3.05, 3.63) is 59.7 Å². The van der Waals surface area contributed by atoms with E-state index in [1.165, 1.54) is 5.56 Å². The summed E-state index contributed by atoms with van der Waals surface area (Å²) in [5.74, 6) is 0.383. The zero-order chi connectivity index (χ0) is 26.8. The van der Waals surface area contributed by atoms with Crippen LogP contribution in [0.25, 0.3) is 0 Å². The van der Waals surface area contributed by atoms with E-state index in [0.717, 1.165) is 11.3 Å². The number of nitrogens with one attached hydrogen (secondary N) is 3. The average Bonchev–Trinajstić information content (AvgIpc) is 2.79. The SMILES string of the molecule is CC(C)(C)OC(=O)NCC(=O)NCc1ccc(NC(=O)CCCOc2ccc(C(C)(C)C)cc2)cc1. The molecule has 3 amide bonds. The van der Waals surface area contributed by atoms with Crippen LogP contribution in [-0.2, 0) is 26.3 Å². The first-order valence-electron chi connectivity index (χ1n) is 12.2. The fraction of sp³-hybridized carbons (Fsp3) is 0.464. The van der Waals surface area contributed by atoms with Gasteiger partial charge in [0, 0.05) is 18.7 Å². The molecule has 3 N–H and O–H groups in total. The molecular weight excluding hydrogens is 458 g/mol. The molecule has 8 heteroatoms. The molecule has 0 saturated carbocycles. The summed E-state index contributed by atoms with van der Waals surface area (Å²) >= 11 is 0. The summed E-state index contributed by atoms with van der Waals surface area (Å²) in [6.45, 7) is 12.4. The van der Waals surface area contributed by atoms with Gasteiger partial charge in [0.05, 0.1) is 6.61 Å². The summed E-state index contributed by atoms with van der Waals surface area (Å²) in [5, 5.41) is 8.00. The Balaban J connectivity index is 1.64. The first-order chi connectivity index (χ1) is 16.8. The highest BCUT2D eigenvalue weighted by Crippen LogP contribution is 2.24. The zero-order valence-corrected chi connectivity index (χ0v) is 22.2. The molecule has 2 aromatic rings. The van der Waals surface area contributed by atoms with E-state index in [1.54, 1.807) is 32.9 Å². The Bertz CT molecular complexity index is 1000. The highest BCUT2D eigenvalue weighted by Gasteiger charge is 2.16. The number of anilines is 1. The summed E-state index contributed by atoms with van der Waals surface area (Å²) < 4.78 is 10.8. The fourth-order valence-corrected chi connectivity index (χ4v) is 3.13. The molecule has 0 saturated heterocycles. The molecule has 0 aliphatic heterocycles. The van der Waals surface area contributed by atoms with Crippen molar-refractivity contribution < 1.29 is 23.9 Å². The summed E-state index contributed by atoms with van der Waals surface area (Å²) in [7, 11) is 0. The minimum Gasteiger partial charge on any atom is -0.494 e. The largest absolute Gasteiger partial charge is 0.494 e. The lowest BCUT2D eigenvalue weighted by Crippen LogP contribution is -2.39. The van der Waals surface area contributed by atoms with Gasteiger partial charge in [-0.2, -0.15) is 0 Å². The number of hydrogen-bond acceptors (Lipinski definition) is 5. The normalized spacial score (nSPS) is 11.4. The molecule has 196 valence electrons. The number of benzene rings is 2. The predicted octanol–water partition coefficient (Wildman–Crippen LogP) is 4.92. The Labute approximate surface area is 214 Å². The highest BCUT2D eigenvalue weighted by molar-refractivity contribution is 5.90. The van der Waals surface area contributed by atoms with Gasteiger partial charge in [0.2, 0.25) is 11.8 Å². The Kier molecular flexibility index (Phi) is 10.3. The average molecular weight is 498 g/mol. The first-order valence-corrected chi connectivity index (χ1v) is 12.2. The van der Waals surface area contributed by atoms with E-state index in [0.29, 0.717) is 31.7 Å². The van der Waals surface area contributed by atoms with Crippen molar-refractivity contribution in [2.75, 3.05) is 18.5 Å². The van der Waals surface area contributed by atoms with Crippen LogP contribution in [0.4, 0.5) is 10.5 Å². The van der Waals surface area contributed by atoms with Crippen LogP contribution < -0.4 is 20.7 Å². The fourth-order valence-electron chi connectivity index (χ4n) is 3.13. The highest BCUT2D eigenvalue weighted by atomic mass is 16.6. The molecule has 2 aromatic carbocycles. The second-order valence-electron chi connectivity index (χ2n) is 10.6. The van der Waals surface area contributed by atoms with Crippen molar-refractivity contribution in [2.24, 2.45) is 0 Å². The van der Waals surface area contributed by atoms with Gasteiger partial charge in [-0.3, -0.25) is 9.59 Å². The zero-order valence-electron chi connectivity index (χ0n) is 22.2. The molecule has 0 unspecified atom stereocenters. The van der Waals surface area contributed by atoms with Crippen LogP contribution in [0.3, 0.4) is 0 Å². The maximum absolute atomic E-state index is 12.2. The number of ether oxygens (including phenoxy) is 2. The quantitative estimate of drug-likeness (QED) is 0.404. The second-order valence-corrected chi connectivity index (χ2v) is 10.6. The molecule has 0 bridgehead atoms. The number of carbonyl (C=O) groups is 3. The number of carbonyl (C=O) groups excluding carboxylic acids is 3. The molecule has 0 aromatic heterocycles. The van der Waals surface area contributed by atoms with Crippen molar-refractivity contribution in [3.63, 3.8) is 0 Å². The summed E-state index contributed by atoms with van der Waals surface area (Å²) in [4.78, 5) is 35.7. The van der Waals surface area contributed by atoms with Gasteiger partial charge in [-0.15, -0.1) is 0 Å². The van der Waals surface area contributed by atoms with Crippen molar-refractivity contribution >= 4 is 23.6 Å². The number of alkyl carbamates (subject to hydrolysis) is 1. The molecule has 0 spiro atoms. The molecular formula is C28H39N3O5. The maximum atomic E-state index is 12.2. The lowest BCUT2D eigenvalue weighted by atomic mass is 9.87. The minimum absolute atomic E-state index is 0.0871. The van der Waals surface area contributed by atoms with Gasteiger partial charge in [-0.25, -0.2) is 4.79 Å². The van der Waals surface area contributed by atoms with Gasteiger partial charge in [0.1, 0.15) is 17.9 Å². The monoisotopic (exact) mass is 497 g/mol. The van der Waals surface area contributed by atoms with E-state index in [-0.39, 0.29) is 23.8 Å². The molecule has 0 fully saturated rings. The first kappa shape index (κ1) is 28.7. The number of hydrogen-bond donors (Lipinski definition) is 3. The van der Waals surface area contributed by atoms with Gasteiger partial charge < -0.3 is 25.4 Å². The Hall–Kier alpha value is -3.55. The third-order valence-corrected chi connectivity index (χ3v) is 5.06. The van der Waals surface area contributed by atoms with Crippen molar-refractivity contribution in [3.8, 4) is 5.75 Å².